The molecule has 0 aliphatic heterocycles. The zero-order valence-electron chi connectivity index (χ0n) is 12.7. The highest BCUT2D eigenvalue weighted by Gasteiger charge is 2.19. The van der Waals surface area contributed by atoms with Crippen molar-refractivity contribution in [1.82, 2.24) is 9.55 Å². The zero-order valence-corrected chi connectivity index (χ0v) is 13.5. The van der Waals surface area contributed by atoms with E-state index < -0.39 is 11.7 Å². The predicted octanol–water partition coefficient (Wildman–Crippen LogP) is 4.13. The van der Waals surface area contributed by atoms with Gasteiger partial charge in [0.1, 0.15) is 5.60 Å². The maximum atomic E-state index is 12.3. The van der Waals surface area contributed by atoms with Gasteiger partial charge in [-0.25, -0.2) is 9.78 Å². The van der Waals surface area contributed by atoms with Crippen molar-refractivity contribution in [1.29, 1.82) is 0 Å². The van der Waals surface area contributed by atoms with Crippen LogP contribution in [-0.2, 0) is 4.74 Å². The number of benzene rings is 1. The van der Waals surface area contributed by atoms with E-state index in [1.54, 1.807) is 6.20 Å². The quantitative estimate of drug-likeness (QED) is 0.733. The fourth-order valence-corrected chi connectivity index (χ4v) is 2.75. The van der Waals surface area contributed by atoms with E-state index in [0.29, 0.717) is 5.13 Å². The first-order chi connectivity index (χ1) is 10.3. The highest BCUT2D eigenvalue weighted by atomic mass is 32.1. The molecule has 5 nitrogen and oxygen atoms in total. The molecule has 0 saturated heterocycles. The summed E-state index contributed by atoms with van der Waals surface area (Å²) in [6.45, 7) is 5.54. The van der Waals surface area contributed by atoms with Gasteiger partial charge in [0.2, 0.25) is 0 Å². The van der Waals surface area contributed by atoms with E-state index in [4.69, 9.17) is 10.5 Å². The molecule has 6 heteroatoms. The van der Waals surface area contributed by atoms with E-state index in [2.05, 4.69) is 4.98 Å². The number of fused-ring (bicyclic) bond motifs is 1. The van der Waals surface area contributed by atoms with Crippen molar-refractivity contribution in [3.05, 3.63) is 35.8 Å². The van der Waals surface area contributed by atoms with Crippen LogP contribution in [0.15, 0.2) is 35.8 Å². The third-order valence-electron chi connectivity index (χ3n) is 3.10. The molecule has 0 atom stereocenters. The summed E-state index contributed by atoms with van der Waals surface area (Å²) in [5, 5.41) is 3.40. The van der Waals surface area contributed by atoms with Gasteiger partial charge < -0.3 is 10.5 Å². The highest BCUT2D eigenvalue weighted by molar-refractivity contribution is 7.13. The van der Waals surface area contributed by atoms with E-state index in [9.17, 15) is 4.79 Å². The SMILES string of the molecule is CC(C)(C)OC(=O)n1ccc2ccc(-c3csc(N)n3)cc21. The van der Waals surface area contributed by atoms with Gasteiger partial charge in [0, 0.05) is 22.5 Å². The molecule has 0 amide bonds. The Labute approximate surface area is 132 Å². The van der Waals surface area contributed by atoms with Gasteiger partial charge in [-0.3, -0.25) is 4.57 Å². The van der Waals surface area contributed by atoms with Gasteiger partial charge in [0.25, 0.3) is 0 Å². The lowest BCUT2D eigenvalue weighted by Crippen LogP contribution is -2.26. The van der Waals surface area contributed by atoms with E-state index >= 15 is 0 Å². The van der Waals surface area contributed by atoms with E-state index in [1.807, 2.05) is 50.4 Å². The Hall–Kier alpha value is -2.34. The van der Waals surface area contributed by atoms with Crippen LogP contribution in [0.1, 0.15) is 20.8 Å². The lowest BCUT2D eigenvalue weighted by atomic mass is 10.1. The summed E-state index contributed by atoms with van der Waals surface area (Å²) >= 11 is 1.39. The van der Waals surface area contributed by atoms with Crippen molar-refractivity contribution in [2.75, 3.05) is 5.73 Å². The average Bonchev–Trinajstić information content (AvgIpc) is 3.01. The first kappa shape index (κ1) is 14.6. The molecule has 2 heterocycles. The molecule has 0 fully saturated rings. The number of carbonyl (C=O) groups is 1. The molecular formula is C16H17N3O2S. The Morgan fingerprint density at radius 3 is 2.73 bits per heavy atom. The normalized spacial score (nSPS) is 11.8. The Morgan fingerprint density at radius 2 is 2.09 bits per heavy atom. The summed E-state index contributed by atoms with van der Waals surface area (Å²) < 4.78 is 6.94. The Balaban J connectivity index is 2.04. The molecule has 0 bridgehead atoms. The van der Waals surface area contributed by atoms with Gasteiger partial charge in [0.05, 0.1) is 11.2 Å². The Bertz CT molecular complexity index is 843. The van der Waals surface area contributed by atoms with Crippen molar-refractivity contribution < 1.29 is 9.53 Å². The number of nitrogens with two attached hydrogens (primary N) is 1. The average molecular weight is 315 g/mol. The highest BCUT2D eigenvalue weighted by Crippen LogP contribution is 2.27. The van der Waals surface area contributed by atoms with Gasteiger partial charge >= 0.3 is 6.09 Å². The molecule has 3 aromatic rings. The van der Waals surface area contributed by atoms with Crippen LogP contribution in [0.5, 0.6) is 0 Å². The summed E-state index contributed by atoms with van der Waals surface area (Å²) in [4.78, 5) is 16.6. The molecule has 0 saturated carbocycles. The second-order valence-electron chi connectivity index (χ2n) is 6.01. The number of thiazole rings is 1. The molecule has 0 aliphatic carbocycles. The van der Waals surface area contributed by atoms with Gasteiger partial charge in [-0.15, -0.1) is 11.3 Å². The van der Waals surface area contributed by atoms with Crippen LogP contribution in [-0.4, -0.2) is 21.2 Å². The number of carbonyl (C=O) groups excluding carboxylic acids is 1. The smallest absolute Gasteiger partial charge is 0.418 e. The molecule has 22 heavy (non-hydrogen) atoms. The Kier molecular flexibility index (Phi) is 3.41. The van der Waals surface area contributed by atoms with Crippen molar-refractivity contribution in [2.24, 2.45) is 0 Å². The predicted molar refractivity (Wildman–Crippen MR) is 89.1 cm³/mol. The van der Waals surface area contributed by atoms with Crippen LogP contribution in [0.2, 0.25) is 0 Å². The van der Waals surface area contributed by atoms with Crippen LogP contribution in [0, 0.1) is 0 Å². The summed E-state index contributed by atoms with van der Waals surface area (Å²) in [7, 11) is 0. The number of nitrogens with zero attached hydrogens (tertiary/aromatic N) is 2. The van der Waals surface area contributed by atoms with Crippen LogP contribution >= 0.6 is 11.3 Å². The van der Waals surface area contributed by atoms with E-state index in [0.717, 1.165) is 22.2 Å². The minimum atomic E-state index is -0.533. The molecule has 0 radical (unpaired) electrons. The third kappa shape index (κ3) is 2.82. The lowest BCUT2D eigenvalue weighted by Gasteiger charge is -2.19. The summed E-state index contributed by atoms with van der Waals surface area (Å²) in [5.74, 6) is 0. The fourth-order valence-electron chi connectivity index (χ4n) is 2.18. The topological polar surface area (TPSA) is 70.1 Å². The molecule has 2 aromatic heterocycles. The zero-order chi connectivity index (χ0) is 15.9. The van der Waals surface area contributed by atoms with Crippen molar-refractivity contribution in [2.45, 2.75) is 26.4 Å². The van der Waals surface area contributed by atoms with Gasteiger partial charge in [-0.05, 0) is 32.9 Å². The van der Waals surface area contributed by atoms with Crippen molar-refractivity contribution >= 4 is 33.5 Å². The molecule has 0 spiro atoms. The fraction of sp³-hybridized carbons (Fsp3) is 0.250. The monoisotopic (exact) mass is 315 g/mol. The van der Waals surface area contributed by atoms with Crippen LogP contribution in [0.25, 0.3) is 22.2 Å². The van der Waals surface area contributed by atoms with Crippen LogP contribution in [0.4, 0.5) is 9.93 Å². The number of hydrogen-bond donors (Lipinski definition) is 1. The maximum Gasteiger partial charge on any atom is 0.418 e. The molecule has 3 rings (SSSR count). The molecular weight excluding hydrogens is 298 g/mol. The van der Waals surface area contributed by atoms with Gasteiger partial charge in [-0.2, -0.15) is 0 Å². The number of ether oxygens (including phenoxy) is 1. The second-order valence-corrected chi connectivity index (χ2v) is 6.90. The third-order valence-corrected chi connectivity index (χ3v) is 3.77. The Morgan fingerprint density at radius 1 is 1.32 bits per heavy atom. The van der Waals surface area contributed by atoms with Gasteiger partial charge in [-0.1, -0.05) is 12.1 Å². The summed E-state index contributed by atoms with van der Waals surface area (Å²) in [6.07, 6.45) is 1.33. The van der Waals surface area contributed by atoms with Crippen LogP contribution < -0.4 is 5.73 Å². The van der Waals surface area contributed by atoms with Crippen LogP contribution in [0.3, 0.4) is 0 Å². The number of aromatic nitrogens is 2. The molecule has 0 aliphatic rings. The standard InChI is InChI=1S/C16H17N3O2S/c1-16(2,3)21-15(20)19-7-6-10-4-5-11(8-13(10)19)12-9-22-14(17)18-12/h4-9H,1-3H3,(H2,17,18). The summed E-state index contributed by atoms with van der Waals surface area (Å²) in [6, 6.07) is 7.74. The maximum absolute atomic E-state index is 12.3. The van der Waals surface area contributed by atoms with Crippen molar-refractivity contribution in [3.8, 4) is 11.3 Å². The first-order valence-corrected chi connectivity index (χ1v) is 7.77. The number of anilines is 1. The summed E-state index contributed by atoms with van der Waals surface area (Å²) in [5.41, 5.74) is 7.67. The molecule has 2 N–H and O–H groups in total. The largest absolute Gasteiger partial charge is 0.443 e. The molecule has 114 valence electrons. The van der Waals surface area contributed by atoms with E-state index in [-0.39, 0.29) is 0 Å². The first-order valence-electron chi connectivity index (χ1n) is 6.89. The number of rotatable bonds is 1. The lowest BCUT2D eigenvalue weighted by molar-refractivity contribution is 0.0544. The minimum absolute atomic E-state index is 0.391. The molecule has 1 aromatic carbocycles. The number of nitrogen functional groups attached to an aromatic ring is 1. The van der Waals surface area contributed by atoms with Gasteiger partial charge in [0.15, 0.2) is 5.13 Å². The second kappa shape index (κ2) is 5.14. The number of hydrogen-bond acceptors (Lipinski definition) is 5. The van der Waals surface area contributed by atoms with Crippen molar-refractivity contribution in [3.63, 3.8) is 0 Å². The minimum Gasteiger partial charge on any atom is -0.443 e. The van der Waals surface area contributed by atoms with E-state index in [1.165, 1.54) is 15.9 Å². The molecule has 0 unspecified atom stereocenters.